The second-order valence-electron chi connectivity index (χ2n) is 18.7. The first-order valence-electron chi connectivity index (χ1n) is 20.4. The predicted molar refractivity (Wildman–Crippen MR) is 272 cm³/mol. The Morgan fingerprint density at radius 1 is 0.230 bits per heavy atom. The van der Waals surface area contributed by atoms with E-state index in [-0.39, 0.29) is 0 Å². The van der Waals surface area contributed by atoms with Crippen molar-refractivity contribution in [3.8, 4) is 0 Å². The van der Waals surface area contributed by atoms with E-state index < -0.39 is 48.6 Å². The first-order valence-corrected chi connectivity index (χ1v) is 26.4. The van der Waals surface area contributed by atoms with Crippen molar-refractivity contribution >= 4 is 30.9 Å². The molecule has 0 aliphatic heterocycles. The van der Waals surface area contributed by atoms with Crippen LogP contribution in [0.5, 0.6) is 0 Å². The van der Waals surface area contributed by atoms with E-state index in [1.807, 2.05) is 0 Å². The molecule has 0 fully saturated rings. The van der Waals surface area contributed by atoms with Gasteiger partial charge in [0.05, 0.1) is 0 Å². The quantitative estimate of drug-likeness (QED) is 0.105. The van der Waals surface area contributed by atoms with Gasteiger partial charge in [-0.2, -0.15) is 13.5 Å². The fraction of sp³-hybridized carbons (Fsp3) is 1.00. The standard InChI is InChI=1S/C36H99N21P4/c1-40(2)34(41(3)4,42(5)6)55(31)59(49(19)20,50(21)22)37-58(38-60(51(23)24,52(25)26)56(32)35(43(7)8,44(9)10)45(11)12)39-61(53(27)28,54(29)30)57(33)36(46(13)14,47(15)16)48(17)18/h1-33H3. The van der Waals surface area contributed by atoms with Crippen molar-refractivity contribution in [1.29, 1.82) is 0 Å². The van der Waals surface area contributed by atoms with Crippen LogP contribution < -0.4 is 0 Å². The lowest BCUT2D eigenvalue weighted by Crippen LogP contribution is -2.72. The lowest BCUT2D eigenvalue weighted by molar-refractivity contribution is -0.179. The van der Waals surface area contributed by atoms with Gasteiger partial charge in [-0.3, -0.25) is 72.1 Å². The largest absolute Gasteiger partial charge is 0.274 e. The number of hydrogen-bond donors (Lipinski definition) is 0. The Labute approximate surface area is 379 Å². The minimum atomic E-state index is -2.92. The van der Waals surface area contributed by atoms with Gasteiger partial charge in [0, 0.05) is 0 Å². The van der Waals surface area contributed by atoms with Gasteiger partial charge in [0.1, 0.15) is 0 Å². The molecule has 0 bridgehead atoms. The second kappa shape index (κ2) is 22.9. The number of hydrogen-bond acceptors (Lipinski definition) is 12. The minimum Gasteiger partial charge on any atom is -0.266 e. The summed E-state index contributed by atoms with van der Waals surface area (Å²) in [6.07, 6.45) is 0. The SMILES string of the molecule is CN(C)C(N(C)C)(N(C)C)N(C)P(=NP(N=P(N(C)C)(N(C)C)N(C)C(N(C)C)(N(C)C)N(C)C)N=P(N(C)C)(N(C)C)N(C)C(N(C)C)(N(C)C)N(C)C)(N(C)C)N(C)C. The summed E-state index contributed by atoms with van der Waals surface area (Å²) in [7, 11) is 60.1. The van der Waals surface area contributed by atoms with Gasteiger partial charge in [0.25, 0.3) is 8.37 Å². The Morgan fingerprint density at radius 3 is 0.426 bits per heavy atom. The highest BCUT2D eigenvalue weighted by Gasteiger charge is 2.55. The molecule has 0 saturated heterocycles. The molecule has 61 heavy (non-hydrogen) atoms. The number of nitrogens with zero attached hydrogens (tertiary/aromatic N) is 21. The van der Waals surface area contributed by atoms with Gasteiger partial charge >= 0.3 is 0 Å². The molecule has 0 amide bonds. The van der Waals surface area contributed by atoms with Crippen LogP contribution in [0.1, 0.15) is 0 Å². The molecule has 0 aliphatic rings. The van der Waals surface area contributed by atoms with E-state index in [2.05, 4.69) is 319 Å². The summed E-state index contributed by atoms with van der Waals surface area (Å²) in [5, 5.41) is 0. The van der Waals surface area contributed by atoms with E-state index in [9.17, 15) is 0 Å². The summed E-state index contributed by atoms with van der Waals surface area (Å²) in [6.45, 7) is 0. The van der Waals surface area contributed by atoms with Crippen molar-refractivity contribution in [2.45, 2.75) is 17.7 Å². The van der Waals surface area contributed by atoms with Crippen LogP contribution in [0, 0.1) is 0 Å². The van der Waals surface area contributed by atoms with E-state index in [0.717, 1.165) is 0 Å². The van der Waals surface area contributed by atoms with E-state index in [4.69, 9.17) is 13.5 Å². The molecule has 0 aromatic carbocycles. The lowest BCUT2D eigenvalue weighted by atomic mass is 10.4. The normalized spacial score (nSPS) is 15.1. The first-order chi connectivity index (χ1) is 27.4. The third kappa shape index (κ3) is 10.3. The molecule has 0 aliphatic carbocycles. The topological polar surface area (TPSA) is 95.4 Å². The lowest BCUT2D eigenvalue weighted by Gasteiger charge is -2.60. The van der Waals surface area contributed by atoms with Crippen molar-refractivity contribution in [2.24, 2.45) is 13.5 Å². The second-order valence-corrected chi connectivity index (χ2v) is 31.2. The Morgan fingerprint density at radius 2 is 0.344 bits per heavy atom. The Bertz CT molecular complexity index is 1250. The Balaban J connectivity index is 10.5. The van der Waals surface area contributed by atoms with Gasteiger partial charge in [-0.1, -0.05) is 0 Å². The fourth-order valence-corrected chi connectivity index (χ4v) is 27.8. The fourth-order valence-electron chi connectivity index (χ4n) is 10.5. The molecule has 0 aromatic heterocycles. The number of rotatable bonds is 24. The molecule has 25 heteroatoms. The third-order valence-corrected chi connectivity index (χ3v) is 26.2. The van der Waals surface area contributed by atoms with Gasteiger partial charge in [-0.05, 0) is 233 Å². The van der Waals surface area contributed by atoms with E-state index >= 15 is 0 Å². The molecule has 368 valence electrons. The summed E-state index contributed by atoms with van der Waals surface area (Å²) in [5.41, 5.74) is 0. The molecule has 0 rings (SSSR count). The van der Waals surface area contributed by atoms with E-state index in [1.54, 1.807) is 0 Å². The Kier molecular flexibility index (Phi) is 23.1. The first kappa shape index (κ1) is 61.4. The summed E-state index contributed by atoms with van der Waals surface area (Å²) in [5.74, 6) is -2.13. The third-order valence-electron chi connectivity index (χ3n) is 11.7. The predicted octanol–water partition coefficient (Wildman–Crippen LogP) is 3.11. The molecular weight excluding hydrogens is 850 g/mol. The molecule has 0 radical (unpaired) electrons. The molecule has 0 heterocycles. The molecule has 0 N–H and O–H groups in total. The Hall–Kier alpha value is 0.400. The van der Waals surface area contributed by atoms with Crippen molar-refractivity contribution < 1.29 is 0 Å². The van der Waals surface area contributed by atoms with Gasteiger partial charge in [-0.25, -0.2) is 14.0 Å². The maximum Gasteiger partial charge on any atom is 0.274 e. The molecule has 0 unspecified atom stereocenters. The van der Waals surface area contributed by atoms with Gasteiger partial charge in [0.15, 0.2) is 40.3 Å². The van der Waals surface area contributed by atoms with Crippen LogP contribution in [0.15, 0.2) is 13.5 Å². The van der Waals surface area contributed by atoms with Crippen LogP contribution >= 0.6 is 30.9 Å². The van der Waals surface area contributed by atoms with Crippen LogP contribution in [0.25, 0.3) is 0 Å². The minimum absolute atomic E-state index is 0.711. The smallest absolute Gasteiger partial charge is 0.266 e. The van der Waals surface area contributed by atoms with Crippen molar-refractivity contribution in [2.75, 3.05) is 233 Å². The monoisotopic (exact) mass is 950 g/mol. The highest BCUT2D eigenvalue weighted by molar-refractivity contribution is 7.76. The van der Waals surface area contributed by atoms with Crippen LogP contribution in [0.4, 0.5) is 0 Å². The van der Waals surface area contributed by atoms with Crippen LogP contribution in [0.3, 0.4) is 0 Å². The van der Waals surface area contributed by atoms with Crippen molar-refractivity contribution in [1.82, 2.24) is 86.1 Å². The molecule has 0 spiro atoms. The van der Waals surface area contributed by atoms with Crippen LogP contribution in [-0.4, -0.2) is 336 Å². The van der Waals surface area contributed by atoms with Gasteiger partial charge < -0.3 is 0 Å². The zero-order valence-electron chi connectivity index (χ0n) is 45.7. The highest BCUT2D eigenvalue weighted by atomic mass is 31.2. The average Bonchev–Trinajstić information content (AvgIpc) is 3.05. The maximum absolute atomic E-state index is 6.27. The van der Waals surface area contributed by atoms with Crippen molar-refractivity contribution in [3.05, 3.63) is 0 Å². The summed E-state index contributed by atoms with van der Waals surface area (Å²) < 4.78 is 40.0. The summed E-state index contributed by atoms with van der Waals surface area (Å²) >= 11 is 0. The summed E-state index contributed by atoms with van der Waals surface area (Å²) in [6, 6.07) is 0. The molecule has 0 saturated carbocycles. The van der Waals surface area contributed by atoms with E-state index in [1.165, 1.54) is 0 Å². The zero-order valence-corrected chi connectivity index (χ0v) is 49.3. The zero-order chi connectivity index (χ0) is 49.1. The van der Waals surface area contributed by atoms with E-state index in [0.29, 0.717) is 0 Å². The molecule has 21 nitrogen and oxygen atoms in total. The van der Waals surface area contributed by atoms with Crippen LogP contribution in [0.2, 0.25) is 0 Å². The average molecular weight is 950 g/mol. The maximum atomic E-state index is 6.27. The molecular formula is C36H99N21P4. The summed E-state index contributed by atoms with van der Waals surface area (Å²) in [4.78, 5) is 20.3. The van der Waals surface area contributed by atoms with Gasteiger partial charge in [0.2, 0.25) is 0 Å². The van der Waals surface area contributed by atoms with Crippen molar-refractivity contribution in [3.63, 3.8) is 0 Å². The van der Waals surface area contributed by atoms with Crippen LogP contribution in [-0.2, 0) is 0 Å². The van der Waals surface area contributed by atoms with Gasteiger partial charge in [-0.15, -0.1) is 0 Å². The molecule has 0 aromatic rings. The highest BCUT2D eigenvalue weighted by Crippen LogP contribution is 2.75. The molecule has 0 atom stereocenters.